The quantitative estimate of drug-likeness (QED) is 0.749. The van der Waals surface area contributed by atoms with Gasteiger partial charge in [0.25, 0.3) is 5.91 Å². The van der Waals surface area contributed by atoms with Gasteiger partial charge in [0, 0.05) is 0 Å². The van der Waals surface area contributed by atoms with E-state index in [-0.39, 0.29) is 0 Å². The topological polar surface area (TPSA) is 87.7 Å². The molecule has 8 heteroatoms. The summed E-state index contributed by atoms with van der Waals surface area (Å²) >= 11 is 0. The zero-order valence-electron chi connectivity index (χ0n) is 15.5. The number of hydrogen-bond donors (Lipinski definition) is 2. The predicted molar refractivity (Wildman–Crippen MR) is 100 cm³/mol. The molecular weight excluding hydrogens is 365 g/mol. The van der Waals surface area contributed by atoms with Crippen LogP contribution >= 0.6 is 0 Å². The van der Waals surface area contributed by atoms with Crippen LogP contribution in [0.3, 0.4) is 0 Å². The summed E-state index contributed by atoms with van der Waals surface area (Å²) in [7, 11) is 0. The highest BCUT2D eigenvalue weighted by atomic mass is 19.1. The van der Waals surface area contributed by atoms with E-state index in [0.29, 0.717) is 23.6 Å². The van der Waals surface area contributed by atoms with Crippen LogP contribution in [0.5, 0.6) is 5.75 Å². The second-order valence-corrected chi connectivity index (χ2v) is 6.43. The van der Waals surface area contributed by atoms with Crippen LogP contribution in [0.4, 0.5) is 14.9 Å². The fraction of sp³-hybridized carbons (Fsp3) is 0.250. The lowest BCUT2D eigenvalue weighted by atomic mass is 9.92. The maximum atomic E-state index is 13.2. The number of rotatable bonds is 6. The summed E-state index contributed by atoms with van der Waals surface area (Å²) in [5.74, 6) is -1.09. The Hall–Kier alpha value is -3.42. The molecule has 2 aromatic rings. The predicted octanol–water partition coefficient (Wildman–Crippen LogP) is 2.63. The first-order chi connectivity index (χ1) is 13.3. The number of carbonyl (C=O) groups is 3. The van der Waals surface area contributed by atoms with Crippen molar-refractivity contribution in [2.75, 3.05) is 18.5 Å². The first kappa shape index (κ1) is 19.3. The average Bonchev–Trinajstić information content (AvgIpc) is 2.88. The second kappa shape index (κ2) is 7.67. The number of amides is 4. The number of ether oxygens (including phenoxy) is 1. The maximum Gasteiger partial charge on any atom is 0.325 e. The zero-order chi connectivity index (χ0) is 20.3. The van der Waals surface area contributed by atoms with Crippen LogP contribution in [0.15, 0.2) is 48.5 Å². The molecule has 0 spiro atoms. The molecule has 0 radical (unpaired) electrons. The number of halogens is 1. The summed E-state index contributed by atoms with van der Waals surface area (Å²) in [5, 5.41) is 5.23. The third-order valence-corrected chi connectivity index (χ3v) is 4.46. The van der Waals surface area contributed by atoms with E-state index in [4.69, 9.17) is 4.74 Å². The molecule has 0 aliphatic carbocycles. The van der Waals surface area contributed by atoms with Crippen molar-refractivity contribution in [3.8, 4) is 5.75 Å². The van der Waals surface area contributed by atoms with Crippen molar-refractivity contribution in [1.29, 1.82) is 0 Å². The van der Waals surface area contributed by atoms with Crippen molar-refractivity contribution >= 4 is 23.5 Å². The molecular formula is C20H20FN3O4. The molecule has 2 aromatic carbocycles. The summed E-state index contributed by atoms with van der Waals surface area (Å²) < 4.78 is 18.6. The number of para-hydroxylation sites is 2. The third kappa shape index (κ3) is 3.66. The molecule has 7 nitrogen and oxygen atoms in total. The molecule has 1 aliphatic heterocycles. The van der Waals surface area contributed by atoms with E-state index in [0.717, 1.165) is 4.90 Å². The van der Waals surface area contributed by atoms with Crippen molar-refractivity contribution in [2.45, 2.75) is 19.4 Å². The average molecular weight is 385 g/mol. The van der Waals surface area contributed by atoms with Gasteiger partial charge in [-0.05, 0) is 43.7 Å². The van der Waals surface area contributed by atoms with Gasteiger partial charge in [-0.15, -0.1) is 0 Å². The van der Waals surface area contributed by atoms with Gasteiger partial charge in [0.15, 0.2) is 0 Å². The molecule has 4 amide bonds. The van der Waals surface area contributed by atoms with Gasteiger partial charge in [-0.3, -0.25) is 14.5 Å². The van der Waals surface area contributed by atoms with Crippen molar-refractivity contribution in [3.63, 3.8) is 0 Å². The summed E-state index contributed by atoms with van der Waals surface area (Å²) in [4.78, 5) is 38.4. The number of anilines is 1. The number of urea groups is 1. The lowest BCUT2D eigenvalue weighted by Gasteiger charge is -2.22. The first-order valence-electron chi connectivity index (χ1n) is 8.77. The van der Waals surface area contributed by atoms with Crippen molar-refractivity contribution < 1.29 is 23.5 Å². The van der Waals surface area contributed by atoms with Gasteiger partial charge in [0.1, 0.15) is 23.7 Å². The van der Waals surface area contributed by atoms with Crippen LogP contribution in [0.25, 0.3) is 0 Å². The fourth-order valence-corrected chi connectivity index (χ4v) is 3.00. The zero-order valence-corrected chi connectivity index (χ0v) is 15.5. The molecule has 2 N–H and O–H groups in total. The Morgan fingerprint density at radius 2 is 1.86 bits per heavy atom. The molecule has 146 valence electrons. The number of benzene rings is 2. The number of imide groups is 1. The van der Waals surface area contributed by atoms with Crippen LogP contribution in [0.2, 0.25) is 0 Å². The Morgan fingerprint density at radius 3 is 2.54 bits per heavy atom. The van der Waals surface area contributed by atoms with Gasteiger partial charge in [-0.2, -0.15) is 0 Å². The summed E-state index contributed by atoms with van der Waals surface area (Å²) in [6.07, 6.45) is 0. The number of nitrogens with zero attached hydrogens (tertiary/aromatic N) is 1. The lowest BCUT2D eigenvalue weighted by molar-refractivity contribution is -0.133. The minimum absolute atomic E-state index is 0.427. The van der Waals surface area contributed by atoms with Gasteiger partial charge >= 0.3 is 6.03 Å². The van der Waals surface area contributed by atoms with Crippen LogP contribution in [-0.4, -0.2) is 35.9 Å². The van der Waals surface area contributed by atoms with E-state index in [2.05, 4.69) is 10.6 Å². The normalized spacial score (nSPS) is 18.8. The summed E-state index contributed by atoms with van der Waals surface area (Å²) in [5.41, 5.74) is -0.492. The minimum Gasteiger partial charge on any atom is -0.492 e. The monoisotopic (exact) mass is 385 g/mol. The summed E-state index contributed by atoms with van der Waals surface area (Å²) in [6.45, 7) is 3.31. The molecule has 1 saturated heterocycles. The van der Waals surface area contributed by atoms with Gasteiger partial charge in [0.05, 0.1) is 12.3 Å². The number of carbonyl (C=O) groups excluding carboxylic acids is 3. The van der Waals surface area contributed by atoms with E-state index in [1.807, 2.05) is 6.92 Å². The standard InChI is InChI=1S/C20H20FN3O4/c1-3-28-16-7-5-4-6-15(16)22-17(25)12-24-18(26)20(2,23-19(24)27)13-8-10-14(21)11-9-13/h4-11H,3,12H2,1-2H3,(H,22,25)(H,23,27). The van der Waals surface area contributed by atoms with Gasteiger partial charge < -0.3 is 15.4 Å². The molecule has 0 bridgehead atoms. The van der Waals surface area contributed by atoms with E-state index < -0.39 is 35.7 Å². The van der Waals surface area contributed by atoms with Gasteiger partial charge in [0.2, 0.25) is 5.91 Å². The highest BCUT2D eigenvalue weighted by molar-refractivity contribution is 6.10. The molecule has 0 saturated carbocycles. The van der Waals surface area contributed by atoms with Crippen molar-refractivity contribution in [2.24, 2.45) is 0 Å². The van der Waals surface area contributed by atoms with Crippen molar-refractivity contribution in [1.82, 2.24) is 10.2 Å². The second-order valence-electron chi connectivity index (χ2n) is 6.43. The van der Waals surface area contributed by atoms with E-state index in [1.54, 1.807) is 24.3 Å². The van der Waals surface area contributed by atoms with E-state index in [1.165, 1.54) is 31.2 Å². The fourth-order valence-electron chi connectivity index (χ4n) is 3.00. The third-order valence-electron chi connectivity index (χ3n) is 4.46. The number of nitrogens with one attached hydrogen (secondary N) is 2. The first-order valence-corrected chi connectivity index (χ1v) is 8.77. The lowest BCUT2D eigenvalue weighted by Crippen LogP contribution is -2.42. The van der Waals surface area contributed by atoms with Crippen LogP contribution < -0.4 is 15.4 Å². The Morgan fingerprint density at radius 1 is 1.18 bits per heavy atom. The highest BCUT2D eigenvalue weighted by Gasteiger charge is 2.49. The Labute approximate surface area is 161 Å². The van der Waals surface area contributed by atoms with Crippen LogP contribution in [0.1, 0.15) is 19.4 Å². The van der Waals surface area contributed by atoms with Crippen LogP contribution in [-0.2, 0) is 15.1 Å². The van der Waals surface area contributed by atoms with E-state index in [9.17, 15) is 18.8 Å². The molecule has 1 fully saturated rings. The molecule has 3 rings (SSSR count). The number of hydrogen-bond acceptors (Lipinski definition) is 4. The Bertz CT molecular complexity index is 916. The van der Waals surface area contributed by atoms with Crippen molar-refractivity contribution in [3.05, 3.63) is 59.9 Å². The SMILES string of the molecule is CCOc1ccccc1NC(=O)CN1C(=O)NC(C)(c2ccc(F)cc2)C1=O. The molecule has 1 heterocycles. The molecule has 28 heavy (non-hydrogen) atoms. The largest absolute Gasteiger partial charge is 0.492 e. The summed E-state index contributed by atoms with van der Waals surface area (Å²) in [6, 6.07) is 11.5. The minimum atomic E-state index is -1.37. The van der Waals surface area contributed by atoms with E-state index >= 15 is 0 Å². The Kier molecular flexibility index (Phi) is 5.30. The smallest absolute Gasteiger partial charge is 0.325 e. The van der Waals surface area contributed by atoms with Gasteiger partial charge in [-0.1, -0.05) is 24.3 Å². The Balaban J connectivity index is 1.74. The molecule has 0 aromatic heterocycles. The maximum absolute atomic E-state index is 13.2. The van der Waals surface area contributed by atoms with Crippen LogP contribution in [0, 0.1) is 5.82 Å². The molecule has 1 unspecified atom stereocenters. The van der Waals surface area contributed by atoms with Gasteiger partial charge in [-0.25, -0.2) is 9.18 Å². The highest BCUT2D eigenvalue weighted by Crippen LogP contribution is 2.29. The molecule has 1 aliphatic rings. The molecule has 1 atom stereocenters.